The van der Waals surface area contributed by atoms with E-state index < -0.39 is 10.0 Å². The topological polar surface area (TPSA) is 79.5 Å². The lowest BCUT2D eigenvalue weighted by atomic mass is 10.1. The number of unbranched alkanes of at least 4 members (excludes halogenated alkanes) is 2. The second kappa shape index (κ2) is 9.15. The molecule has 2 aromatic rings. The summed E-state index contributed by atoms with van der Waals surface area (Å²) in [4.78, 5) is 2.20. The Kier molecular flexibility index (Phi) is 6.85. The van der Waals surface area contributed by atoms with Crippen LogP contribution in [-0.2, 0) is 10.0 Å². The van der Waals surface area contributed by atoms with Gasteiger partial charge in [0.05, 0.1) is 11.8 Å². The molecule has 28 heavy (non-hydrogen) atoms. The zero-order chi connectivity index (χ0) is 20.1. The summed E-state index contributed by atoms with van der Waals surface area (Å²) >= 11 is 0. The first-order valence-corrected chi connectivity index (χ1v) is 11.6. The molecule has 3 rings (SSSR count). The molecule has 1 aromatic heterocycles. The van der Waals surface area contributed by atoms with Gasteiger partial charge in [-0.25, -0.2) is 8.42 Å². The Morgan fingerprint density at radius 3 is 2.39 bits per heavy atom. The van der Waals surface area contributed by atoms with E-state index in [4.69, 9.17) is 4.42 Å². The predicted molar refractivity (Wildman–Crippen MR) is 109 cm³/mol. The number of benzene rings is 1. The van der Waals surface area contributed by atoms with E-state index in [1.165, 1.54) is 5.56 Å². The normalized spacial score (nSPS) is 17.7. The quantitative estimate of drug-likeness (QED) is 0.626. The molecule has 1 unspecified atom stereocenters. The smallest absolute Gasteiger partial charge is 0.247 e. The third-order valence-corrected chi connectivity index (χ3v) is 7.27. The molecule has 8 heteroatoms. The van der Waals surface area contributed by atoms with E-state index in [1.807, 2.05) is 38.1 Å². The van der Waals surface area contributed by atoms with Gasteiger partial charge in [-0.2, -0.15) is 4.31 Å². The molecule has 1 saturated heterocycles. The fourth-order valence-corrected chi connectivity index (χ4v) is 4.95. The summed E-state index contributed by atoms with van der Waals surface area (Å²) < 4.78 is 32.4. The number of hydrogen-bond donors (Lipinski definition) is 0. The average molecular weight is 407 g/mol. The van der Waals surface area contributed by atoms with Crippen molar-refractivity contribution in [2.24, 2.45) is 0 Å². The number of sulfonamides is 1. The highest BCUT2D eigenvalue weighted by molar-refractivity contribution is 7.89. The molecule has 1 fully saturated rings. The van der Waals surface area contributed by atoms with Gasteiger partial charge in [-0.05, 0) is 32.4 Å². The summed E-state index contributed by atoms with van der Waals surface area (Å²) in [6.45, 7) is 8.49. The zero-order valence-electron chi connectivity index (χ0n) is 17.0. The van der Waals surface area contributed by atoms with Gasteiger partial charge in [0.15, 0.2) is 0 Å². The lowest BCUT2D eigenvalue weighted by Gasteiger charge is -2.36. The van der Waals surface area contributed by atoms with Crippen molar-refractivity contribution >= 4 is 10.0 Å². The van der Waals surface area contributed by atoms with Crippen LogP contribution in [0.5, 0.6) is 0 Å². The summed E-state index contributed by atoms with van der Waals surface area (Å²) in [6.07, 6.45) is 2.71. The van der Waals surface area contributed by atoms with Crippen molar-refractivity contribution < 1.29 is 12.8 Å². The fourth-order valence-electron chi connectivity index (χ4n) is 3.40. The maximum absolute atomic E-state index is 12.5. The van der Waals surface area contributed by atoms with Crippen LogP contribution in [0.25, 0.3) is 11.5 Å². The molecule has 7 nitrogen and oxygen atoms in total. The molecule has 0 amide bonds. The molecular formula is C20H30N4O3S. The number of piperazine rings is 1. The van der Waals surface area contributed by atoms with Crippen LogP contribution in [0.3, 0.4) is 0 Å². The summed E-state index contributed by atoms with van der Waals surface area (Å²) in [6, 6.07) is 7.93. The van der Waals surface area contributed by atoms with E-state index in [2.05, 4.69) is 22.0 Å². The first-order valence-electron chi connectivity index (χ1n) is 10.0. The molecule has 1 atom stereocenters. The Hall–Kier alpha value is -1.77. The van der Waals surface area contributed by atoms with E-state index in [-0.39, 0.29) is 11.8 Å². The molecule has 1 aliphatic heterocycles. The van der Waals surface area contributed by atoms with Gasteiger partial charge in [0.25, 0.3) is 0 Å². The third-order valence-electron chi connectivity index (χ3n) is 5.32. The van der Waals surface area contributed by atoms with E-state index in [0.29, 0.717) is 38.0 Å². The largest absolute Gasteiger partial charge is 0.419 e. The minimum absolute atomic E-state index is 0.0448. The number of aromatic nitrogens is 2. The van der Waals surface area contributed by atoms with Crippen molar-refractivity contribution in [3.05, 3.63) is 35.7 Å². The van der Waals surface area contributed by atoms with Gasteiger partial charge in [-0.1, -0.05) is 37.5 Å². The minimum Gasteiger partial charge on any atom is -0.419 e. The molecule has 1 aliphatic rings. The van der Waals surface area contributed by atoms with E-state index in [1.54, 1.807) is 4.31 Å². The van der Waals surface area contributed by atoms with Gasteiger partial charge >= 0.3 is 0 Å². The number of aryl methyl sites for hydroxylation is 1. The standard InChI is InChI=1S/C20H30N4O3S/c1-4-5-6-15-28(25,26)24-13-11-23(12-14-24)17(3)19-21-22-20(27-19)18-9-7-16(2)8-10-18/h7-10,17H,4-6,11-15H2,1-3H3. The van der Waals surface area contributed by atoms with Crippen LogP contribution in [-0.4, -0.2) is 59.8 Å². The second-order valence-corrected chi connectivity index (χ2v) is 9.53. The summed E-state index contributed by atoms with van der Waals surface area (Å²) in [7, 11) is -3.15. The van der Waals surface area contributed by atoms with Crippen molar-refractivity contribution in [1.29, 1.82) is 0 Å². The monoisotopic (exact) mass is 406 g/mol. The van der Waals surface area contributed by atoms with E-state index in [0.717, 1.165) is 24.8 Å². The van der Waals surface area contributed by atoms with Crippen LogP contribution in [0.1, 0.15) is 50.6 Å². The highest BCUT2D eigenvalue weighted by atomic mass is 32.2. The van der Waals surface area contributed by atoms with Crippen LogP contribution < -0.4 is 0 Å². The Balaban J connectivity index is 1.58. The fraction of sp³-hybridized carbons (Fsp3) is 0.600. The van der Waals surface area contributed by atoms with Gasteiger partial charge in [-0.15, -0.1) is 10.2 Å². The highest BCUT2D eigenvalue weighted by Crippen LogP contribution is 2.25. The van der Waals surface area contributed by atoms with Gasteiger partial charge < -0.3 is 4.42 Å². The van der Waals surface area contributed by atoms with Crippen molar-refractivity contribution in [3.8, 4) is 11.5 Å². The number of nitrogens with zero attached hydrogens (tertiary/aromatic N) is 4. The van der Waals surface area contributed by atoms with Gasteiger partial charge in [0, 0.05) is 31.7 Å². The Morgan fingerprint density at radius 1 is 1.07 bits per heavy atom. The van der Waals surface area contributed by atoms with Crippen LogP contribution in [0.4, 0.5) is 0 Å². The maximum atomic E-state index is 12.5. The Morgan fingerprint density at radius 2 is 1.75 bits per heavy atom. The molecule has 154 valence electrons. The van der Waals surface area contributed by atoms with Crippen molar-refractivity contribution in [2.75, 3.05) is 31.9 Å². The average Bonchev–Trinajstić information content (AvgIpc) is 3.18. The summed E-state index contributed by atoms with van der Waals surface area (Å²) in [5, 5.41) is 8.40. The molecule has 1 aromatic carbocycles. The number of rotatable bonds is 8. The van der Waals surface area contributed by atoms with E-state index in [9.17, 15) is 8.42 Å². The molecule has 0 saturated carbocycles. The van der Waals surface area contributed by atoms with Crippen LogP contribution in [0.15, 0.2) is 28.7 Å². The maximum Gasteiger partial charge on any atom is 0.247 e. The molecule has 0 spiro atoms. The summed E-state index contributed by atoms with van der Waals surface area (Å²) in [5.74, 6) is 1.33. The van der Waals surface area contributed by atoms with Crippen molar-refractivity contribution in [1.82, 2.24) is 19.4 Å². The van der Waals surface area contributed by atoms with Crippen molar-refractivity contribution in [3.63, 3.8) is 0 Å². The van der Waals surface area contributed by atoms with Crippen LogP contribution in [0, 0.1) is 6.92 Å². The van der Waals surface area contributed by atoms with Crippen molar-refractivity contribution in [2.45, 2.75) is 46.1 Å². The minimum atomic E-state index is -3.15. The molecule has 2 heterocycles. The lowest BCUT2D eigenvalue weighted by molar-refractivity contribution is 0.129. The zero-order valence-corrected chi connectivity index (χ0v) is 17.8. The first-order chi connectivity index (χ1) is 13.4. The van der Waals surface area contributed by atoms with Gasteiger partial charge in [-0.3, -0.25) is 4.90 Å². The predicted octanol–water partition coefficient (Wildman–Crippen LogP) is 3.24. The Labute approximate surface area is 167 Å². The van der Waals surface area contributed by atoms with Crippen LogP contribution >= 0.6 is 0 Å². The molecule has 0 bridgehead atoms. The molecule has 0 radical (unpaired) electrons. The SMILES string of the molecule is CCCCCS(=O)(=O)N1CCN(C(C)c2nnc(-c3ccc(C)cc3)o2)CC1. The second-order valence-electron chi connectivity index (χ2n) is 7.45. The molecule has 0 N–H and O–H groups in total. The molecular weight excluding hydrogens is 376 g/mol. The lowest BCUT2D eigenvalue weighted by Crippen LogP contribution is -2.49. The third kappa shape index (κ3) is 4.98. The first kappa shape index (κ1) is 21.0. The van der Waals surface area contributed by atoms with E-state index >= 15 is 0 Å². The molecule has 0 aliphatic carbocycles. The number of hydrogen-bond acceptors (Lipinski definition) is 6. The Bertz CT molecular complexity index is 856. The van der Waals surface area contributed by atoms with Gasteiger partial charge in [0.1, 0.15) is 0 Å². The highest BCUT2D eigenvalue weighted by Gasteiger charge is 2.30. The van der Waals surface area contributed by atoms with Gasteiger partial charge in [0.2, 0.25) is 21.8 Å². The summed E-state index contributed by atoms with van der Waals surface area (Å²) in [5.41, 5.74) is 2.08. The van der Waals surface area contributed by atoms with Crippen LogP contribution in [0.2, 0.25) is 0 Å².